The fourth-order valence-electron chi connectivity index (χ4n) is 1.81. The average Bonchev–Trinajstić information content (AvgIpc) is 2.14. The minimum absolute atomic E-state index is 0.0832. The molecule has 2 N–H and O–H groups in total. The number of ether oxygens (including phenoxy) is 1. The van der Waals surface area contributed by atoms with Gasteiger partial charge in [0.05, 0.1) is 0 Å². The maximum absolute atomic E-state index is 11.7. The second kappa shape index (κ2) is 6.84. The van der Waals surface area contributed by atoms with Crippen molar-refractivity contribution >= 4 is 6.09 Å². The monoisotopic (exact) mass is 244 g/mol. The van der Waals surface area contributed by atoms with Gasteiger partial charge in [-0.2, -0.15) is 0 Å². The van der Waals surface area contributed by atoms with Gasteiger partial charge in [0.25, 0.3) is 0 Å². The number of hydrogen-bond donors (Lipinski definition) is 2. The van der Waals surface area contributed by atoms with E-state index in [1.165, 1.54) is 0 Å². The highest BCUT2D eigenvalue weighted by Crippen LogP contribution is 2.12. The molecule has 0 aromatic heterocycles. The minimum atomic E-state index is -0.451. The summed E-state index contributed by atoms with van der Waals surface area (Å²) in [4.78, 5) is 11.7. The first-order valence-electron chi connectivity index (χ1n) is 6.38. The summed E-state index contributed by atoms with van der Waals surface area (Å²) in [6, 6.07) is 0.349. The van der Waals surface area contributed by atoms with E-state index in [-0.39, 0.29) is 18.2 Å². The van der Waals surface area contributed by atoms with Crippen molar-refractivity contribution in [1.29, 1.82) is 0 Å². The van der Waals surface area contributed by atoms with Gasteiger partial charge in [0.2, 0.25) is 0 Å². The van der Waals surface area contributed by atoms with Crippen molar-refractivity contribution in [3.05, 3.63) is 0 Å². The van der Waals surface area contributed by atoms with Gasteiger partial charge >= 0.3 is 6.09 Å². The highest BCUT2D eigenvalue weighted by molar-refractivity contribution is 5.68. The largest absolute Gasteiger partial charge is 0.444 e. The molecular weight excluding hydrogens is 216 g/mol. The first kappa shape index (κ1) is 16.2. The molecular formula is C13H28N2O2. The summed E-state index contributed by atoms with van der Waals surface area (Å²) in [7, 11) is 1.92. The van der Waals surface area contributed by atoms with Gasteiger partial charge in [0, 0.05) is 12.1 Å². The lowest BCUT2D eigenvalue weighted by Crippen LogP contribution is -2.52. The van der Waals surface area contributed by atoms with Crippen LogP contribution in [0.5, 0.6) is 0 Å². The summed E-state index contributed by atoms with van der Waals surface area (Å²) in [5, 5.41) is 6.18. The molecule has 0 aliphatic carbocycles. The van der Waals surface area contributed by atoms with Crippen molar-refractivity contribution in [3.8, 4) is 0 Å². The van der Waals surface area contributed by atoms with Gasteiger partial charge in [-0.05, 0) is 40.2 Å². The van der Waals surface area contributed by atoms with Crippen LogP contribution in [0.25, 0.3) is 0 Å². The normalized spacial score (nSPS) is 15.5. The van der Waals surface area contributed by atoms with Crippen LogP contribution in [0.2, 0.25) is 0 Å². The van der Waals surface area contributed by atoms with Crippen LogP contribution < -0.4 is 10.6 Å². The molecule has 0 aromatic carbocycles. The second-order valence-corrected chi connectivity index (χ2v) is 5.72. The Morgan fingerprint density at radius 1 is 1.29 bits per heavy atom. The molecule has 0 aromatic rings. The molecule has 2 atom stereocenters. The van der Waals surface area contributed by atoms with Gasteiger partial charge in [-0.15, -0.1) is 0 Å². The topological polar surface area (TPSA) is 50.4 Å². The number of carbonyl (C=O) groups excluding carboxylic acids is 1. The van der Waals surface area contributed by atoms with E-state index in [4.69, 9.17) is 4.74 Å². The van der Waals surface area contributed by atoms with Gasteiger partial charge in [0.1, 0.15) is 5.60 Å². The molecule has 0 rings (SSSR count). The Bertz CT molecular complexity index is 230. The predicted molar refractivity (Wildman–Crippen MR) is 71.1 cm³/mol. The van der Waals surface area contributed by atoms with Crippen LogP contribution in [0.1, 0.15) is 48.0 Å². The highest BCUT2D eigenvalue weighted by atomic mass is 16.6. The van der Waals surface area contributed by atoms with Crippen molar-refractivity contribution in [3.63, 3.8) is 0 Å². The fourth-order valence-corrected chi connectivity index (χ4v) is 1.81. The minimum Gasteiger partial charge on any atom is -0.444 e. The lowest BCUT2D eigenvalue weighted by atomic mass is 9.95. The summed E-state index contributed by atoms with van der Waals surface area (Å²) in [5.74, 6) is 0.361. The molecule has 4 heteroatoms. The number of rotatable bonds is 5. The molecule has 0 bridgehead atoms. The number of amides is 1. The Kier molecular flexibility index (Phi) is 6.53. The number of nitrogens with one attached hydrogen (secondary N) is 2. The Morgan fingerprint density at radius 3 is 2.12 bits per heavy atom. The third-order valence-corrected chi connectivity index (χ3v) is 2.65. The smallest absolute Gasteiger partial charge is 0.407 e. The van der Waals surface area contributed by atoms with E-state index >= 15 is 0 Å². The Balaban J connectivity index is 4.50. The Hall–Kier alpha value is -0.770. The number of carbonyl (C=O) groups is 1. The molecule has 0 saturated heterocycles. The van der Waals surface area contributed by atoms with Crippen LogP contribution >= 0.6 is 0 Å². The summed E-state index contributed by atoms with van der Waals surface area (Å²) in [6.45, 7) is 11.9. The number of alkyl carbamates (subject to hydrolysis) is 1. The van der Waals surface area contributed by atoms with Crippen molar-refractivity contribution < 1.29 is 9.53 Å². The van der Waals surface area contributed by atoms with Crippen LogP contribution in [-0.4, -0.2) is 30.8 Å². The third-order valence-electron chi connectivity index (χ3n) is 2.65. The maximum Gasteiger partial charge on any atom is 0.407 e. The zero-order valence-electron chi connectivity index (χ0n) is 12.3. The SMILES string of the molecule is CCC(NC)C(NC(=O)OC(C)(C)C)C(C)C. The molecule has 0 heterocycles. The lowest BCUT2D eigenvalue weighted by molar-refractivity contribution is 0.0475. The lowest BCUT2D eigenvalue weighted by Gasteiger charge is -2.31. The summed E-state index contributed by atoms with van der Waals surface area (Å²) >= 11 is 0. The van der Waals surface area contributed by atoms with Gasteiger partial charge in [-0.3, -0.25) is 0 Å². The molecule has 4 nitrogen and oxygen atoms in total. The van der Waals surface area contributed by atoms with Gasteiger partial charge < -0.3 is 15.4 Å². The van der Waals surface area contributed by atoms with Crippen LogP contribution in [0.3, 0.4) is 0 Å². The van der Waals surface area contributed by atoms with E-state index < -0.39 is 5.60 Å². The van der Waals surface area contributed by atoms with E-state index in [9.17, 15) is 4.79 Å². The molecule has 2 unspecified atom stereocenters. The Labute approximate surface area is 105 Å². The van der Waals surface area contributed by atoms with Crippen LogP contribution in [0, 0.1) is 5.92 Å². The van der Waals surface area contributed by atoms with E-state index in [2.05, 4.69) is 31.4 Å². The number of likely N-dealkylation sites (N-methyl/N-ethyl adjacent to an activating group) is 1. The summed E-state index contributed by atoms with van der Waals surface area (Å²) in [5.41, 5.74) is -0.451. The second-order valence-electron chi connectivity index (χ2n) is 5.72. The zero-order chi connectivity index (χ0) is 13.6. The van der Waals surface area contributed by atoms with E-state index in [1.807, 2.05) is 27.8 Å². The molecule has 102 valence electrons. The molecule has 0 saturated carbocycles. The molecule has 0 spiro atoms. The standard InChI is InChI=1S/C13H28N2O2/c1-8-10(14-7)11(9(2)3)15-12(16)17-13(4,5)6/h9-11,14H,8H2,1-7H3,(H,15,16). The van der Waals surface area contributed by atoms with Crippen LogP contribution in [0.4, 0.5) is 4.79 Å². The van der Waals surface area contributed by atoms with Gasteiger partial charge in [-0.1, -0.05) is 20.8 Å². The summed E-state index contributed by atoms with van der Waals surface area (Å²) in [6.07, 6.45) is 0.625. The average molecular weight is 244 g/mol. The van der Waals surface area contributed by atoms with Crippen molar-refractivity contribution in [2.24, 2.45) is 5.92 Å². The predicted octanol–water partition coefficient (Wildman–Crippen LogP) is 2.53. The van der Waals surface area contributed by atoms with Crippen LogP contribution in [0.15, 0.2) is 0 Å². The maximum atomic E-state index is 11.7. The first-order valence-corrected chi connectivity index (χ1v) is 6.38. The molecule has 0 aliphatic heterocycles. The zero-order valence-corrected chi connectivity index (χ0v) is 12.3. The van der Waals surface area contributed by atoms with E-state index in [1.54, 1.807) is 0 Å². The fraction of sp³-hybridized carbons (Fsp3) is 0.923. The third kappa shape index (κ3) is 6.51. The van der Waals surface area contributed by atoms with Crippen molar-refractivity contribution in [2.75, 3.05) is 7.05 Å². The molecule has 1 amide bonds. The van der Waals surface area contributed by atoms with Crippen molar-refractivity contribution in [1.82, 2.24) is 10.6 Å². The number of hydrogen-bond acceptors (Lipinski definition) is 3. The van der Waals surface area contributed by atoms with Gasteiger partial charge in [-0.25, -0.2) is 4.79 Å². The quantitative estimate of drug-likeness (QED) is 0.781. The van der Waals surface area contributed by atoms with Crippen molar-refractivity contribution in [2.45, 2.75) is 65.6 Å². The van der Waals surface area contributed by atoms with E-state index in [0.717, 1.165) is 6.42 Å². The summed E-state index contributed by atoms with van der Waals surface area (Å²) < 4.78 is 5.28. The first-order chi connectivity index (χ1) is 7.71. The molecule has 0 aliphatic rings. The molecule has 17 heavy (non-hydrogen) atoms. The van der Waals surface area contributed by atoms with Gasteiger partial charge in [0.15, 0.2) is 0 Å². The Morgan fingerprint density at radius 2 is 1.82 bits per heavy atom. The molecule has 0 fully saturated rings. The van der Waals surface area contributed by atoms with Crippen LogP contribution in [-0.2, 0) is 4.74 Å². The highest BCUT2D eigenvalue weighted by Gasteiger charge is 2.26. The molecule has 0 radical (unpaired) electrons. The van der Waals surface area contributed by atoms with E-state index in [0.29, 0.717) is 5.92 Å².